The van der Waals surface area contributed by atoms with E-state index >= 15 is 0 Å². The maximum atomic E-state index is 11.9. The van der Waals surface area contributed by atoms with Crippen molar-refractivity contribution in [1.29, 1.82) is 0 Å². The molecule has 0 aliphatic rings. The third kappa shape index (κ3) is 4.79. The monoisotopic (exact) mass is 347 g/mol. The lowest BCUT2D eigenvalue weighted by molar-refractivity contribution is -0.384. The number of benzene rings is 2. The number of nitro benzene ring substituents is 1. The predicted octanol–water partition coefficient (Wildman–Crippen LogP) is 2.41. The molecule has 0 radical (unpaired) electrons. The Kier molecular flexibility index (Phi) is 5.86. The molecule has 0 saturated heterocycles. The van der Waals surface area contributed by atoms with Gasteiger partial charge in [0.15, 0.2) is 0 Å². The van der Waals surface area contributed by atoms with E-state index in [0.717, 1.165) is 0 Å². The Labute approximate surface area is 142 Å². The van der Waals surface area contributed by atoms with Crippen LogP contribution in [-0.2, 0) is 0 Å². The lowest BCUT2D eigenvalue weighted by atomic mass is 10.2. The minimum atomic E-state index is -0.534. The molecule has 0 fully saturated rings. The van der Waals surface area contributed by atoms with Crippen molar-refractivity contribution in [2.75, 3.05) is 13.1 Å². The van der Waals surface area contributed by atoms with Crippen LogP contribution in [0.4, 0.5) is 5.69 Å². The van der Waals surface area contributed by atoms with Crippen molar-refractivity contribution < 1.29 is 14.5 Å². The molecule has 24 heavy (non-hydrogen) atoms. The number of carbonyl (C=O) groups is 2. The molecule has 2 rings (SSSR count). The molecule has 0 unspecified atom stereocenters. The van der Waals surface area contributed by atoms with Crippen molar-refractivity contribution in [3.8, 4) is 0 Å². The highest BCUT2D eigenvalue weighted by Gasteiger charge is 2.09. The number of rotatable bonds is 6. The first-order valence-electron chi connectivity index (χ1n) is 7.04. The van der Waals surface area contributed by atoms with Gasteiger partial charge in [0.25, 0.3) is 17.5 Å². The highest BCUT2D eigenvalue weighted by molar-refractivity contribution is 6.30. The molecule has 2 aromatic rings. The minimum Gasteiger partial charge on any atom is -0.350 e. The SMILES string of the molecule is O=C(NCCNC(=O)c1ccc([N+](=O)[O-])cc1)c1ccc(Cl)cc1. The quantitative estimate of drug-likeness (QED) is 0.476. The van der Waals surface area contributed by atoms with Gasteiger partial charge in [0, 0.05) is 41.4 Å². The smallest absolute Gasteiger partial charge is 0.269 e. The van der Waals surface area contributed by atoms with E-state index in [2.05, 4.69) is 10.6 Å². The van der Waals surface area contributed by atoms with E-state index in [9.17, 15) is 19.7 Å². The van der Waals surface area contributed by atoms with Crippen LogP contribution >= 0.6 is 11.6 Å². The topological polar surface area (TPSA) is 101 Å². The summed E-state index contributed by atoms with van der Waals surface area (Å²) in [5.41, 5.74) is 0.701. The number of halogens is 1. The predicted molar refractivity (Wildman–Crippen MR) is 89.2 cm³/mol. The second-order valence-corrected chi connectivity index (χ2v) is 5.26. The molecule has 2 aromatic carbocycles. The number of nitrogens with one attached hydrogen (secondary N) is 2. The van der Waals surface area contributed by atoms with Crippen LogP contribution < -0.4 is 10.6 Å². The van der Waals surface area contributed by atoms with E-state index in [-0.39, 0.29) is 30.6 Å². The van der Waals surface area contributed by atoms with E-state index in [1.165, 1.54) is 24.3 Å². The Morgan fingerprint density at radius 1 is 0.875 bits per heavy atom. The van der Waals surface area contributed by atoms with Gasteiger partial charge in [0.1, 0.15) is 0 Å². The Morgan fingerprint density at radius 2 is 1.29 bits per heavy atom. The van der Waals surface area contributed by atoms with Gasteiger partial charge in [-0.1, -0.05) is 11.6 Å². The van der Waals surface area contributed by atoms with Crippen molar-refractivity contribution in [3.63, 3.8) is 0 Å². The summed E-state index contributed by atoms with van der Waals surface area (Å²) in [5, 5.41) is 16.4. The molecule has 0 heterocycles. The summed E-state index contributed by atoms with van der Waals surface area (Å²) >= 11 is 5.75. The second-order valence-electron chi connectivity index (χ2n) is 4.82. The van der Waals surface area contributed by atoms with E-state index in [1.807, 2.05) is 0 Å². The van der Waals surface area contributed by atoms with Crippen LogP contribution in [0.3, 0.4) is 0 Å². The summed E-state index contributed by atoms with van der Waals surface area (Å²) < 4.78 is 0. The minimum absolute atomic E-state index is 0.0817. The fourth-order valence-electron chi connectivity index (χ4n) is 1.89. The fourth-order valence-corrected chi connectivity index (χ4v) is 2.02. The summed E-state index contributed by atoms with van der Waals surface area (Å²) in [5.74, 6) is -0.637. The third-order valence-electron chi connectivity index (χ3n) is 3.14. The average molecular weight is 348 g/mol. The van der Waals surface area contributed by atoms with E-state index < -0.39 is 4.92 Å². The zero-order chi connectivity index (χ0) is 17.5. The van der Waals surface area contributed by atoms with Gasteiger partial charge < -0.3 is 10.6 Å². The Bertz CT molecular complexity index is 745. The highest BCUT2D eigenvalue weighted by Crippen LogP contribution is 2.11. The summed E-state index contributed by atoms with van der Waals surface area (Å²) in [6, 6.07) is 11.7. The van der Waals surface area contributed by atoms with E-state index in [4.69, 9.17) is 11.6 Å². The van der Waals surface area contributed by atoms with Crippen LogP contribution in [-0.4, -0.2) is 29.8 Å². The van der Waals surface area contributed by atoms with Gasteiger partial charge in [0.05, 0.1) is 4.92 Å². The normalized spacial score (nSPS) is 10.0. The summed E-state index contributed by atoms with van der Waals surface area (Å²) in [6.45, 7) is 0.481. The Balaban J connectivity index is 1.77. The molecular weight excluding hydrogens is 334 g/mol. The van der Waals surface area contributed by atoms with Crippen LogP contribution in [0, 0.1) is 10.1 Å². The zero-order valence-electron chi connectivity index (χ0n) is 12.5. The van der Waals surface area contributed by atoms with Crippen LogP contribution in [0.2, 0.25) is 5.02 Å². The first-order valence-corrected chi connectivity index (χ1v) is 7.41. The number of nitrogens with zero attached hydrogens (tertiary/aromatic N) is 1. The van der Waals surface area contributed by atoms with Crippen molar-refractivity contribution in [2.24, 2.45) is 0 Å². The largest absolute Gasteiger partial charge is 0.350 e. The van der Waals surface area contributed by atoms with E-state index in [0.29, 0.717) is 16.1 Å². The van der Waals surface area contributed by atoms with Gasteiger partial charge in [-0.05, 0) is 36.4 Å². The number of carbonyl (C=O) groups excluding carboxylic acids is 2. The molecular formula is C16H14ClN3O4. The third-order valence-corrected chi connectivity index (χ3v) is 3.39. The first-order chi connectivity index (χ1) is 11.5. The first kappa shape index (κ1) is 17.4. The molecule has 0 atom stereocenters. The average Bonchev–Trinajstić information content (AvgIpc) is 2.59. The van der Waals surface area contributed by atoms with Gasteiger partial charge >= 0.3 is 0 Å². The van der Waals surface area contributed by atoms with Crippen molar-refractivity contribution in [2.45, 2.75) is 0 Å². The van der Waals surface area contributed by atoms with Gasteiger partial charge in [-0.15, -0.1) is 0 Å². The summed E-state index contributed by atoms with van der Waals surface area (Å²) in [7, 11) is 0. The molecule has 124 valence electrons. The summed E-state index contributed by atoms with van der Waals surface area (Å²) in [4.78, 5) is 33.7. The number of nitro groups is 1. The maximum absolute atomic E-state index is 11.9. The summed E-state index contributed by atoms with van der Waals surface area (Å²) in [6.07, 6.45) is 0. The molecule has 0 spiro atoms. The molecule has 2 amide bonds. The molecule has 7 nitrogen and oxygen atoms in total. The molecule has 0 aromatic heterocycles. The van der Waals surface area contributed by atoms with Gasteiger partial charge in [0.2, 0.25) is 0 Å². The number of non-ortho nitro benzene ring substituents is 1. The van der Waals surface area contributed by atoms with Crippen LogP contribution in [0.5, 0.6) is 0 Å². The number of hydrogen-bond acceptors (Lipinski definition) is 4. The van der Waals surface area contributed by atoms with E-state index in [1.54, 1.807) is 24.3 Å². The van der Waals surface area contributed by atoms with Crippen LogP contribution in [0.15, 0.2) is 48.5 Å². The lowest BCUT2D eigenvalue weighted by Gasteiger charge is -2.07. The maximum Gasteiger partial charge on any atom is 0.269 e. The fraction of sp³-hybridized carbons (Fsp3) is 0.125. The van der Waals surface area contributed by atoms with Crippen molar-refractivity contribution >= 4 is 29.1 Å². The van der Waals surface area contributed by atoms with Crippen LogP contribution in [0.1, 0.15) is 20.7 Å². The molecule has 0 aliphatic heterocycles. The van der Waals surface area contributed by atoms with Gasteiger partial charge in [-0.2, -0.15) is 0 Å². The standard InChI is InChI=1S/C16H14ClN3O4/c17-13-5-1-11(2-6-13)15(21)18-9-10-19-16(22)12-3-7-14(8-4-12)20(23)24/h1-8H,9-10H2,(H,18,21)(H,19,22). The number of amides is 2. The highest BCUT2D eigenvalue weighted by atomic mass is 35.5. The lowest BCUT2D eigenvalue weighted by Crippen LogP contribution is -2.34. The van der Waals surface area contributed by atoms with Crippen LogP contribution in [0.25, 0.3) is 0 Å². The van der Waals surface area contributed by atoms with Crippen molar-refractivity contribution in [1.82, 2.24) is 10.6 Å². The van der Waals surface area contributed by atoms with Crippen molar-refractivity contribution in [3.05, 3.63) is 74.8 Å². The molecule has 2 N–H and O–H groups in total. The molecule has 0 bridgehead atoms. The Morgan fingerprint density at radius 3 is 1.71 bits per heavy atom. The Hall–Kier alpha value is -2.93. The number of hydrogen-bond donors (Lipinski definition) is 2. The van der Waals surface area contributed by atoms with Gasteiger partial charge in [-0.25, -0.2) is 0 Å². The van der Waals surface area contributed by atoms with Gasteiger partial charge in [-0.3, -0.25) is 19.7 Å². The molecule has 0 saturated carbocycles. The zero-order valence-corrected chi connectivity index (χ0v) is 13.2. The molecule has 8 heteroatoms. The molecule has 0 aliphatic carbocycles. The second kappa shape index (κ2) is 8.07.